The van der Waals surface area contributed by atoms with E-state index in [2.05, 4.69) is 55.1 Å². The molecule has 38 heavy (non-hydrogen) atoms. The fourth-order valence-corrected chi connectivity index (χ4v) is 7.28. The normalized spacial score (nSPS) is 25.3. The number of phenolic OH excluding ortho intramolecular Hbond substituents is 1. The molecule has 0 saturated carbocycles. The summed E-state index contributed by atoms with van der Waals surface area (Å²) >= 11 is 3.57. The number of piperazine rings is 1. The summed E-state index contributed by atoms with van der Waals surface area (Å²) in [4.78, 5) is 17.2. The van der Waals surface area contributed by atoms with E-state index in [0.717, 1.165) is 71.5 Å². The molecule has 3 fully saturated rings. The highest BCUT2D eigenvalue weighted by molar-refractivity contribution is 9.10. The van der Waals surface area contributed by atoms with Gasteiger partial charge >= 0.3 is 6.01 Å². The van der Waals surface area contributed by atoms with Crippen molar-refractivity contribution in [3.05, 3.63) is 46.1 Å². The quantitative estimate of drug-likeness (QED) is 0.469. The van der Waals surface area contributed by atoms with Crippen molar-refractivity contribution in [3.63, 3.8) is 0 Å². The van der Waals surface area contributed by atoms with Crippen molar-refractivity contribution >= 4 is 38.2 Å². The Hall–Kier alpha value is -2.62. The molecule has 8 nitrogen and oxygen atoms in total. The van der Waals surface area contributed by atoms with Gasteiger partial charge in [0.1, 0.15) is 18.2 Å². The standard InChI is InChI=1S/C29H35BrN6O2/c1-34-11-4-5-20(34)17-38-29-32-24-16-35(25-13-26(37)27(30)22-7-3-2-6-21(22)25)12-10-23(24)28(33-29)36-14-18-8-9-19(15-36)31-18/h2-3,6-7,13,18-20,31,37H,4-5,8-12,14-17H2,1H3/t18?,19?,20-/m0/s1. The number of aromatic hydroxyl groups is 1. The molecule has 3 saturated heterocycles. The number of ether oxygens (including phenoxy) is 1. The predicted molar refractivity (Wildman–Crippen MR) is 153 cm³/mol. The van der Waals surface area contributed by atoms with Crippen LogP contribution in [-0.2, 0) is 13.0 Å². The molecular weight excluding hydrogens is 544 g/mol. The fourth-order valence-electron chi connectivity index (χ4n) is 6.82. The van der Waals surface area contributed by atoms with Crippen molar-refractivity contribution in [1.29, 1.82) is 0 Å². The maximum atomic E-state index is 10.7. The van der Waals surface area contributed by atoms with Crippen LogP contribution in [0.25, 0.3) is 10.8 Å². The largest absolute Gasteiger partial charge is 0.507 e. The Morgan fingerprint density at radius 3 is 2.61 bits per heavy atom. The number of hydrogen-bond acceptors (Lipinski definition) is 8. The molecular formula is C29H35BrN6O2. The van der Waals surface area contributed by atoms with Gasteiger partial charge in [-0.25, -0.2) is 0 Å². The number of hydrogen-bond donors (Lipinski definition) is 2. The van der Waals surface area contributed by atoms with Gasteiger partial charge in [0.2, 0.25) is 0 Å². The monoisotopic (exact) mass is 578 g/mol. The topological polar surface area (TPSA) is 77.0 Å². The second-order valence-electron chi connectivity index (χ2n) is 11.3. The van der Waals surface area contributed by atoms with E-state index >= 15 is 0 Å². The zero-order valence-corrected chi connectivity index (χ0v) is 23.5. The molecule has 3 aromatic rings. The maximum Gasteiger partial charge on any atom is 0.318 e. The van der Waals surface area contributed by atoms with Crippen LogP contribution in [0, 0.1) is 0 Å². The number of nitrogens with zero attached hydrogens (tertiary/aromatic N) is 5. The molecule has 2 N–H and O–H groups in total. The van der Waals surface area contributed by atoms with Gasteiger partial charge in [-0.05, 0) is 61.6 Å². The van der Waals surface area contributed by atoms with Crippen LogP contribution in [0.2, 0.25) is 0 Å². The summed E-state index contributed by atoms with van der Waals surface area (Å²) in [5, 5.41) is 16.6. The van der Waals surface area contributed by atoms with Crippen LogP contribution in [0.15, 0.2) is 34.8 Å². The van der Waals surface area contributed by atoms with E-state index in [0.29, 0.717) is 37.3 Å². The lowest BCUT2D eigenvalue weighted by atomic mass is 10.0. The summed E-state index contributed by atoms with van der Waals surface area (Å²) < 4.78 is 7.04. The van der Waals surface area contributed by atoms with Gasteiger partial charge in [0.05, 0.1) is 16.7 Å². The third-order valence-corrected chi connectivity index (χ3v) is 9.73. The molecule has 4 aliphatic rings. The van der Waals surface area contributed by atoms with Gasteiger partial charge in [0, 0.05) is 65.8 Å². The summed E-state index contributed by atoms with van der Waals surface area (Å²) in [7, 11) is 2.17. The van der Waals surface area contributed by atoms with Crippen LogP contribution in [0.4, 0.5) is 11.5 Å². The molecule has 2 aromatic carbocycles. The third-order valence-electron chi connectivity index (χ3n) is 8.89. The number of rotatable bonds is 5. The zero-order chi connectivity index (χ0) is 25.8. The van der Waals surface area contributed by atoms with Gasteiger partial charge < -0.3 is 29.9 Å². The molecule has 5 heterocycles. The summed E-state index contributed by atoms with van der Waals surface area (Å²) in [5.41, 5.74) is 3.31. The smallest absolute Gasteiger partial charge is 0.318 e. The lowest BCUT2D eigenvalue weighted by molar-refractivity contribution is 0.187. The first-order valence-electron chi connectivity index (χ1n) is 13.9. The number of likely N-dealkylation sites (N-methyl/N-ethyl adjacent to an activating group) is 1. The Kier molecular flexibility index (Phi) is 6.33. The first kappa shape index (κ1) is 24.4. The highest BCUT2D eigenvalue weighted by Crippen LogP contribution is 2.41. The van der Waals surface area contributed by atoms with E-state index in [1.165, 1.54) is 24.8 Å². The van der Waals surface area contributed by atoms with E-state index in [1.54, 1.807) is 0 Å². The Morgan fingerprint density at radius 2 is 1.84 bits per heavy atom. The third kappa shape index (κ3) is 4.38. The maximum absolute atomic E-state index is 10.7. The van der Waals surface area contributed by atoms with Crippen LogP contribution >= 0.6 is 15.9 Å². The molecule has 0 spiro atoms. The number of nitrogens with one attached hydrogen (secondary N) is 1. The number of fused-ring (bicyclic) bond motifs is 4. The molecule has 9 heteroatoms. The minimum absolute atomic E-state index is 0.258. The van der Waals surface area contributed by atoms with Crippen molar-refractivity contribution in [1.82, 2.24) is 20.2 Å². The van der Waals surface area contributed by atoms with Crippen LogP contribution in [0.5, 0.6) is 11.8 Å². The molecule has 2 bridgehead atoms. The van der Waals surface area contributed by atoms with Gasteiger partial charge in [-0.1, -0.05) is 24.3 Å². The minimum Gasteiger partial charge on any atom is -0.507 e. The number of likely N-dealkylation sites (tertiary alicyclic amines) is 1. The number of phenols is 1. The Morgan fingerprint density at radius 1 is 1.05 bits per heavy atom. The average molecular weight is 580 g/mol. The van der Waals surface area contributed by atoms with Gasteiger partial charge in [-0.3, -0.25) is 0 Å². The number of halogens is 1. The second kappa shape index (κ2) is 9.84. The second-order valence-corrected chi connectivity index (χ2v) is 12.1. The summed E-state index contributed by atoms with van der Waals surface area (Å²) in [6.07, 6.45) is 5.71. The fraction of sp³-hybridized carbons (Fsp3) is 0.517. The molecule has 3 atom stereocenters. The van der Waals surface area contributed by atoms with E-state index in [9.17, 15) is 5.11 Å². The van der Waals surface area contributed by atoms with Crippen LogP contribution in [0.1, 0.15) is 36.9 Å². The van der Waals surface area contributed by atoms with Crippen LogP contribution in [0.3, 0.4) is 0 Å². The van der Waals surface area contributed by atoms with Crippen LogP contribution < -0.4 is 19.9 Å². The van der Waals surface area contributed by atoms with Crippen LogP contribution in [-0.4, -0.2) is 77.9 Å². The minimum atomic E-state index is 0.258. The van der Waals surface area contributed by atoms with Gasteiger partial charge in [-0.2, -0.15) is 9.97 Å². The molecule has 1 aromatic heterocycles. The lowest BCUT2D eigenvalue weighted by Crippen LogP contribution is -2.52. The summed E-state index contributed by atoms with van der Waals surface area (Å²) in [6.45, 7) is 5.22. The number of anilines is 2. The molecule has 4 aliphatic heterocycles. The molecule has 0 amide bonds. The Bertz CT molecular complexity index is 1360. The lowest BCUT2D eigenvalue weighted by Gasteiger charge is -2.37. The number of aromatic nitrogens is 2. The average Bonchev–Trinajstić information content (AvgIpc) is 3.51. The van der Waals surface area contributed by atoms with E-state index in [4.69, 9.17) is 14.7 Å². The highest BCUT2D eigenvalue weighted by Gasteiger charge is 2.35. The zero-order valence-electron chi connectivity index (χ0n) is 21.9. The molecule has 7 rings (SSSR count). The number of benzene rings is 2. The first-order chi connectivity index (χ1) is 18.5. The Balaban J connectivity index is 1.24. The van der Waals surface area contributed by atoms with Crippen molar-refractivity contribution < 1.29 is 9.84 Å². The molecule has 200 valence electrons. The molecule has 0 radical (unpaired) electrons. The van der Waals surface area contributed by atoms with E-state index in [1.807, 2.05) is 18.2 Å². The van der Waals surface area contributed by atoms with Crippen molar-refractivity contribution in [2.75, 3.05) is 49.6 Å². The highest BCUT2D eigenvalue weighted by atomic mass is 79.9. The van der Waals surface area contributed by atoms with Gasteiger partial charge in [-0.15, -0.1) is 0 Å². The van der Waals surface area contributed by atoms with Crippen molar-refractivity contribution in [3.8, 4) is 11.8 Å². The van der Waals surface area contributed by atoms with Crippen molar-refractivity contribution in [2.45, 2.75) is 56.8 Å². The first-order valence-corrected chi connectivity index (χ1v) is 14.7. The molecule has 2 unspecified atom stereocenters. The van der Waals surface area contributed by atoms with Gasteiger partial charge in [0.15, 0.2) is 0 Å². The van der Waals surface area contributed by atoms with Gasteiger partial charge in [0.25, 0.3) is 0 Å². The van der Waals surface area contributed by atoms with Crippen molar-refractivity contribution in [2.24, 2.45) is 0 Å². The predicted octanol–water partition coefficient (Wildman–Crippen LogP) is 4.07. The molecule has 0 aliphatic carbocycles. The summed E-state index contributed by atoms with van der Waals surface area (Å²) in [5.74, 6) is 1.32. The Labute approximate surface area is 232 Å². The van der Waals surface area contributed by atoms with E-state index in [-0.39, 0.29) is 5.75 Å². The SMILES string of the molecule is CN1CCC[C@H]1COc1nc2c(c(N3CC4CCC(C3)N4)n1)CCN(c1cc(O)c(Br)c3ccccc13)C2. The summed E-state index contributed by atoms with van der Waals surface area (Å²) in [6, 6.07) is 12.1. The van der Waals surface area contributed by atoms with E-state index < -0.39 is 0 Å².